The van der Waals surface area contributed by atoms with Crippen LogP contribution in [0.3, 0.4) is 0 Å². The molecule has 0 saturated heterocycles. The zero-order chi connectivity index (χ0) is 20.9. The first kappa shape index (κ1) is 19.8. The third-order valence-electron chi connectivity index (χ3n) is 5.07. The third-order valence-corrected chi connectivity index (χ3v) is 6.17. The summed E-state index contributed by atoms with van der Waals surface area (Å²) in [7, 11) is -2.92. The van der Waals surface area contributed by atoms with Gasteiger partial charge in [0.1, 0.15) is 0 Å². The summed E-state index contributed by atoms with van der Waals surface area (Å²) in [5, 5.41) is 1.35. The molecule has 0 spiro atoms. The Morgan fingerprint density at radius 1 is 1.11 bits per heavy atom. The molecule has 3 N–H and O–H groups in total. The van der Waals surface area contributed by atoms with E-state index < -0.39 is 18.4 Å². The number of amides is 2. The topological polar surface area (TPSA) is 110 Å². The minimum absolute atomic E-state index is 0.317. The van der Waals surface area contributed by atoms with Crippen molar-refractivity contribution in [2.75, 3.05) is 16.0 Å². The molecule has 1 aliphatic rings. The van der Waals surface area contributed by atoms with Crippen molar-refractivity contribution in [3.05, 3.63) is 53.6 Å². The van der Waals surface area contributed by atoms with Crippen LogP contribution < -0.4 is 16.0 Å². The first-order valence-electron chi connectivity index (χ1n) is 8.77. The minimum Gasteiger partial charge on any atom is -0.399 e. The molecule has 0 aliphatic carbocycles. The zero-order valence-electron chi connectivity index (χ0n) is 16.1. The number of benzene rings is 2. The van der Waals surface area contributed by atoms with E-state index in [9.17, 15) is 18.7 Å². The molecule has 0 atom stereocenters. The Bertz CT molecular complexity index is 1030. The van der Waals surface area contributed by atoms with Crippen LogP contribution in [0.15, 0.2) is 42.5 Å². The number of carbonyl (C=O) groups excluding carboxylic acids is 2. The molecule has 0 bridgehead atoms. The lowest BCUT2D eigenvalue weighted by atomic mass is 9.86. The molecule has 0 aromatic heterocycles. The van der Waals surface area contributed by atoms with E-state index in [1.54, 1.807) is 56.3 Å². The lowest BCUT2D eigenvalue weighted by Crippen LogP contribution is -2.46. The summed E-state index contributed by atoms with van der Waals surface area (Å²) in [5.74, 6) is -0.684. The second kappa shape index (κ2) is 6.60. The Kier molecular flexibility index (Phi) is 4.68. The Labute approximate surface area is 163 Å². The Balaban J connectivity index is 2.03. The highest BCUT2D eigenvalue weighted by Gasteiger charge is 2.51. The van der Waals surface area contributed by atoms with Gasteiger partial charge in [-0.3, -0.25) is 14.5 Å². The average Bonchev–Trinajstić information content (AvgIpc) is 2.83. The fraction of sp³-hybridized carbons (Fsp3) is 0.300. The second-order valence-corrected chi connectivity index (χ2v) is 9.43. The number of nitrogens with two attached hydrogens (primary N) is 1. The van der Waals surface area contributed by atoms with Crippen molar-refractivity contribution in [2.24, 2.45) is 0 Å². The summed E-state index contributed by atoms with van der Waals surface area (Å²) in [6.07, 6.45) is 0. The molecule has 0 radical (unpaired) electrons. The first-order valence-corrected chi connectivity index (χ1v) is 9.94. The van der Waals surface area contributed by atoms with Crippen LogP contribution in [0.2, 0.25) is 0 Å². The smallest absolute Gasteiger partial charge is 0.341 e. The van der Waals surface area contributed by atoms with Crippen LogP contribution in [-0.2, 0) is 19.3 Å². The van der Waals surface area contributed by atoms with Gasteiger partial charge in [0, 0.05) is 16.9 Å². The van der Waals surface area contributed by atoms with Crippen LogP contribution in [0.25, 0.3) is 0 Å². The van der Waals surface area contributed by atoms with Crippen molar-refractivity contribution in [3.63, 3.8) is 0 Å². The highest BCUT2D eigenvalue weighted by atomic mass is 31.1. The van der Waals surface area contributed by atoms with Gasteiger partial charge in [0.25, 0.3) is 5.91 Å². The van der Waals surface area contributed by atoms with Crippen LogP contribution in [0.4, 0.5) is 17.1 Å². The number of rotatable bonds is 4. The van der Waals surface area contributed by atoms with Gasteiger partial charge in [0.15, 0.2) is 5.28 Å². The average molecular weight is 399 g/mol. The molecule has 7 nitrogen and oxygen atoms in total. The maximum atomic E-state index is 13.0. The number of nitrogens with zero attached hydrogens (tertiary/aromatic N) is 1. The van der Waals surface area contributed by atoms with Crippen LogP contribution in [0, 0.1) is 0 Å². The molecule has 2 aromatic carbocycles. The summed E-state index contributed by atoms with van der Waals surface area (Å²) < 4.78 is 23.6. The SMILES string of the molecule is CC1(C)C(=O)N(C(C)(C)P(=O)=O)c2cc(C(=O)Nc3ccc(N)cc3)ccc21. The van der Waals surface area contributed by atoms with E-state index in [2.05, 4.69) is 5.32 Å². The minimum atomic E-state index is -2.92. The van der Waals surface area contributed by atoms with Crippen LogP contribution in [0.1, 0.15) is 43.6 Å². The van der Waals surface area contributed by atoms with Gasteiger partial charge in [-0.25, -0.2) is 9.13 Å². The van der Waals surface area contributed by atoms with Gasteiger partial charge < -0.3 is 11.1 Å². The molecule has 146 valence electrons. The quantitative estimate of drug-likeness (QED) is 0.595. The lowest BCUT2D eigenvalue weighted by Gasteiger charge is -2.30. The Morgan fingerprint density at radius 3 is 2.29 bits per heavy atom. The van der Waals surface area contributed by atoms with E-state index in [1.807, 2.05) is 0 Å². The Morgan fingerprint density at radius 2 is 1.71 bits per heavy atom. The first-order chi connectivity index (χ1) is 13.0. The normalized spacial score (nSPS) is 15.3. The number of carbonyl (C=O) groups is 2. The Hall–Kier alpha value is -2.92. The molecule has 1 aliphatic heterocycles. The van der Waals surface area contributed by atoms with Crippen molar-refractivity contribution in [3.8, 4) is 0 Å². The lowest BCUT2D eigenvalue weighted by molar-refractivity contribution is -0.122. The van der Waals surface area contributed by atoms with E-state index >= 15 is 0 Å². The van der Waals surface area contributed by atoms with E-state index in [0.717, 1.165) is 0 Å². The highest BCUT2D eigenvalue weighted by molar-refractivity contribution is 7.33. The van der Waals surface area contributed by atoms with Gasteiger partial charge in [0.05, 0.1) is 11.1 Å². The molecule has 2 amide bonds. The fourth-order valence-electron chi connectivity index (χ4n) is 3.29. The van der Waals surface area contributed by atoms with Gasteiger partial charge in [0.2, 0.25) is 5.91 Å². The van der Waals surface area contributed by atoms with Crippen LogP contribution in [-0.4, -0.2) is 17.1 Å². The molecule has 8 heteroatoms. The van der Waals surface area contributed by atoms with Crippen LogP contribution in [0.5, 0.6) is 0 Å². The van der Waals surface area contributed by atoms with Gasteiger partial charge >= 0.3 is 7.68 Å². The van der Waals surface area contributed by atoms with E-state index in [-0.39, 0.29) is 11.8 Å². The summed E-state index contributed by atoms with van der Waals surface area (Å²) in [6, 6.07) is 11.6. The molecule has 3 rings (SSSR count). The molecular weight excluding hydrogens is 377 g/mol. The molecule has 2 aromatic rings. The molecule has 0 unspecified atom stereocenters. The molecule has 28 heavy (non-hydrogen) atoms. The summed E-state index contributed by atoms with van der Waals surface area (Å²) >= 11 is 0. The predicted molar refractivity (Wildman–Crippen MR) is 108 cm³/mol. The monoisotopic (exact) mass is 399 g/mol. The fourth-order valence-corrected chi connectivity index (χ4v) is 3.65. The van der Waals surface area contributed by atoms with Crippen molar-refractivity contribution < 1.29 is 18.7 Å². The number of nitrogens with one attached hydrogen (secondary N) is 1. The van der Waals surface area contributed by atoms with Crippen molar-refractivity contribution in [1.82, 2.24) is 0 Å². The second-order valence-electron chi connectivity index (χ2n) is 7.83. The molecular formula is C20H22N3O4P. The summed E-state index contributed by atoms with van der Waals surface area (Å²) in [5.41, 5.74) is 7.37. The largest absolute Gasteiger partial charge is 0.399 e. The van der Waals surface area contributed by atoms with Crippen molar-refractivity contribution in [1.29, 1.82) is 0 Å². The van der Waals surface area contributed by atoms with Crippen LogP contribution >= 0.6 is 7.68 Å². The van der Waals surface area contributed by atoms with Crippen molar-refractivity contribution >= 4 is 36.6 Å². The highest BCUT2D eigenvalue weighted by Crippen LogP contribution is 2.48. The number of hydrogen-bond acceptors (Lipinski definition) is 5. The van der Waals surface area contributed by atoms with E-state index in [1.165, 1.54) is 18.7 Å². The summed E-state index contributed by atoms with van der Waals surface area (Å²) in [4.78, 5) is 26.9. The van der Waals surface area contributed by atoms with E-state index in [4.69, 9.17) is 5.73 Å². The zero-order valence-corrected chi connectivity index (χ0v) is 17.0. The maximum absolute atomic E-state index is 13.0. The third kappa shape index (κ3) is 3.12. The van der Waals surface area contributed by atoms with E-state index in [0.29, 0.717) is 28.2 Å². The van der Waals surface area contributed by atoms with Gasteiger partial charge in [-0.15, -0.1) is 0 Å². The number of hydrogen-bond donors (Lipinski definition) is 2. The molecule has 0 fully saturated rings. The number of fused-ring (bicyclic) bond motifs is 1. The number of nitrogen functional groups attached to an aromatic ring is 1. The summed E-state index contributed by atoms with van der Waals surface area (Å²) in [6.45, 7) is 6.44. The van der Waals surface area contributed by atoms with Gasteiger partial charge in [-0.05, 0) is 69.7 Å². The number of anilines is 3. The standard InChI is InChI=1S/C20H22N3O4P/c1-19(2)15-10-5-12(17(24)22-14-8-6-13(21)7-9-14)11-16(15)23(18(19)25)20(3,4)28(26)27/h5-11H,21H2,1-4H3,(H,22,24). The molecule has 1 heterocycles. The van der Waals surface area contributed by atoms with Gasteiger partial charge in [-0.2, -0.15) is 0 Å². The van der Waals surface area contributed by atoms with Crippen molar-refractivity contribution in [2.45, 2.75) is 38.4 Å². The maximum Gasteiger partial charge on any atom is 0.341 e. The molecule has 0 saturated carbocycles. The predicted octanol–water partition coefficient (Wildman–Crippen LogP) is 4.05. The van der Waals surface area contributed by atoms with Gasteiger partial charge in [-0.1, -0.05) is 6.07 Å².